The molecule has 0 fully saturated rings. The third-order valence-corrected chi connectivity index (χ3v) is 2.79. The van der Waals surface area contributed by atoms with Gasteiger partial charge in [-0.2, -0.15) is 5.10 Å². The Morgan fingerprint density at radius 1 is 1.53 bits per heavy atom. The average Bonchev–Trinajstić information content (AvgIpc) is 2.86. The van der Waals surface area contributed by atoms with Crippen LogP contribution >= 0.6 is 11.3 Å². The largest absolute Gasteiger partial charge is 0.357 e. The van der Waals surface area contributed by atoms with E-state index in [1.165, 1.54) is 5.56 Å². The van der Waals surface area contributed by atoms with Gasteiger partial charge in [0.1, 0.15) is 0 Å². The third-order valence-electron chi connectivity index (χ3n) is 2.06. The van der Waals surface area contributed by atoms with Crippen molar-refractivity contribution in [2.45, 2.75) is 26.4 Å². The van der Waals surface area contributed by atoms with E-state index in [9.17, 15) is 0 Å². The van der Waals surface area contributed by atoms with E-state index in [0.29, 0.717) is 6.04 Å². The van der Waals surface area contributed by atoms with E-state index in [1.807, 2.05) is 16.3 Å². The van der Waals surface area contributed by atoms with Crippen molar-refractivity contribution in [3.63, 3.8) is 0 Å². The van der Waals surface area contributed by atoms with Gasteiger partial charge in [-0.15, -0.1) is 11.3 Å². The van der Waals surface area contributed by atoms with Crippen LogP contribution in [0.1, 0.15) is 25.5 Å². The van der Waals surface area contributed by atoms with Gasteiger partial charge in [0.2, 0.25) is 0 Å². The molecule has 80 valence electrons. The van der Waals surface area contributed by atoms with Crippen LogP contribution in [0, 0.1) is 0 Å². The molecule has 2 aromatic heterocycles. The molecular formula is C10H14N4S. The maximum Gasteiger partial charge on any atom is 0.182 e. The van der Waals surface area contributed by atoms with Crippen LogP contribution in [0.5, 0.6) is 0 Å². The van der Waals surface area contributed by atoms with Gasteiger partial charge in [0, 0.05) is 35.9 Å². The SMILES string of the molecule is CC(C)n1cc(CNc2nccs2)cn1. The molecule has 4 nitrogen and oxygen atoms in total. The standard InChI is InChI=1S/C10H14N4S/c1-8(2)14-7-9(6-13-14)5-12-10-11-3-4-15-10/h3-4,6-8H,5H2,1-2H3,(H,11,12). The van der Waals surface area contributed by atoms with Crippen molar-refractivity contribution in [1.29, 1.82) is 0 Å². The van der Waals surface area contributed by atoms with Crippen LogP contribution in [0.25, 0.3) is 0 Å². The van der Waals surface area contributed by atoms with Crippen molar-refractivity contribution in [3.8, 4) is 0 Å². The van der Waals surface area contributed by atoms with E-state index in [1.54, 1.807) is 17.5 Å². The number of anilines is 1. The Morgan fingerprint density at radius 3 is 3.00 bits per heavy atom. The third kappa shape index (κ3) is 2.56. The van der Waals surface area contributed by atoms with Gasteiger partial charge >= 0.3 is 0 Å². The van der Waals surface area contributed by atoms with E-state index >= 15 is 0 Å². The summed E-state index contributed by atoms with van der Waals surface area (Å²) >= 11 is 1.61. The Labute approximate surface area is 93.0 Å². The zero-order valence-corrected chi connectivity index (χ0v) is 9.66. The number of hydrogen-bond donors (Lipinski definition) is 1. The van der Waals surface area contributed by atoms with Crippen LogP contribution in [0.3, 0.4) is 0 Å². The van der Waals surface area contributed by atoms with Crippen LogP contribution in [0.4, 0.5) is 5.13 Å². The lowest BCUT2D eigenvalue weighted by atomic mass is 10.3. The molecule has 1 N–H and O–H groups in total. The van der Waals surface area contributed by atoms with Crippen molar-refractivity contribution in [1.82, 2.24) is 14.8 Å². The number of nitrogens with one attached hydrogen (secondary N) is 1. The van der Waals surface area contributed by atoms with Crippen LogP contribution in [0.15, 0.2) is 24.0 Å². The van der Waals surface area contributed by atoms with E-state index < -0.39 is 0 Å². The Hall–Kier alpha value is -1.36. The molecule has 2 rings (SSSR count). The number of rotatable bonds is 4. The number of hydrogen-bond acceptors (Lipinski definition) is 4. The molecule has 0 spiro atoms. The summed E-state index contributed by atoms with van der Waals surface area (Å²) in [7, 11) is 0. The van der Waals surface area contributed by atoms with Crippen molar-refractivity contribution in [2.24, 2.45) is 0 Å². The highest BCUT2D eigenvalue weighted by atomic mass is 32.1. The first kappa shape index (κ1) is 10.2. The molecule has 2 aromatic rings. The van der Waals surface area contributed by atoms with Crippen molar-refractivity contribution in [2.75, 3.05) is 5.32 Å². The summed E-state index contributed by atoms with van der Waals surface area (Å²) in [5, 5.41) is 10.4. The first-order valence-electron chi connectivity index (χ1n) is 4.92. The highest BCUT2D eigenvalue weighted by molar-refractivity contribution is 7.13. The number of thiazole rings is 1. The number of aromatic nitrogens is 3. The highest BCUT2D eigenvalue weighted by Gasteiger charge is 2.01. The lowest BCUT2D eigenvalue weighted by Gasteiger charge is -2.03. The molecule has 2 heterocycles. The fraction of sp³-hybridized carbons (Fsp3) is 0.400. The van der Waals surface area contributed by atoms with Crippen molar-refractivity contribution in [3.05, 3.63) is 29.5 Å². The molecule has 0 bridgehead atoms. The molecule has 0 aliphatic rings. The molecule has 0 saturated carbocycles. The summed E-state index contributed by atoms with van der Waals surface area (Å²) in [5.41, 5.74) is 1.18. The first-order valence-corrected chi connectivity index (χ1v) is 5.80. The molecule has 0 saturated heterocycles. The summed E-state index contributed by atoms with van der Waals surface area (Å²) in [4.78, 5) is 4.15. The lowest BCUT2D eigenvalue weighted by molar-refractivity contribution is 0.532. The molecule has 0 amide bonds. The van der Waals surface area contributed by atoms with Crippen LogP contribution in [-0.2, 0) is 6.54 Å². The Morgan fingerprint density at radius 2 is 2.40 bits per heavy atom. The van der Waals surface area contributed by atoms with Crippen LogP contribution < -0.4 is 5.32 Å². The predicted molar refractivity (Wildman–Crippen MR) is 62.1 cm³/mol. The summed E-state index contributed by atoms with van der Waals surface area (Å²) in [5.74, 6) is 0. The van der Waals surface area contributed by atoms with E-state index in [2.05, 4.69) is 35.4 Å². The lowest BCUT2D eigenvalue weighted by Crippen LogP contribution is -2.01. The van der Waals surface area contributed by atoms with Crippen LogP contribution in [-0.4, -0.2) is 14.8 Å². The monoisotopic (exact) mass is 222 g/mol. The molecule has 0 aliphatic carbocycles. The fourth-order valence-corrected chi connectivity index (χ4v) is 1.77. The van der Waals surface area contributed by atoms with E-state index in [0.717, 1.165) is 11.7 Å². The molecule has 0 radical (unpaired) electrons. The fourth-order valence-electron chi connectivity index (χ4n) is 1.24. The predicted octanol–water partition coefficient (Wildman–Crippen LogP) is 2.53. The van der Waals surface area contributed by atoms with Gasteiger partial charge in [0.25, 0.3) is 0 Å². The second-order valence-electron chi connectivity index (χ2n) is 3.61. The Kier molecular flexibility index (Phi) is 3.01. The minimum atomic E-state index is 0.415. The topological polar surface area (TPSA) is 42.7 Å². The summed E-state index contributed by atoms with van der Waals surface area (Å²) in [6.45, 7) is 5.01. The second kappa shape index (κ2) is 4.44. The number of nitrogens with zero attached hydrogens (tertiary/aromatic N) is 3. The van der Waals surface area contributed by atoms with Crippen molar-refractivity contribution < 1.29 is 0 Å². The maximum absolute atomic E-state index is 4.28. The van der Waals surface area contributed by atoms with Gasteiger partial charge in [-0.05, 0) is 13.8 Å². The normalized spacial score (nSPS) is 10.9. The summed E-state index contributed by atoms with van der Waals surface area (Å²) in [6, 6.07) is 0.415. The molecule has 5 heteroatoms. The summed E-state index contributed by atoms with van der Waals surface area (Å²) in [6.07, 6.45) is 5.75. The van der Waals surface area contributed by atoms with Crippen LogP contribution in [0.2, 0.25) is 0 Å². The molecular weight excluding hydrogens is 208 g/mol. The van der Waals surface area contributed by atoms with Gasteiger partial charge < -0.3 is 5.32 Å². The Balaban J connectivity index is 1.94. The zero-order chi connectivity index (χ0) is 10.7. The van der Waals surface area contributed by atoms with Gasteiger partial charge in [-0.1, -0.05) is 0 Å². The smallest absolute Gasteiger partial charge is 0.182 e. The minimum Gasteiger partial charge on any atom is -0.357 e. The minimum absolute atomic E-state index is 0.415. The van der Waals surface area contributed by atoms with E-state index in [4.69, 9.17) is 0 Å². The highest BCUT2D eigenvalue weighted by Crippen LogP contribution is 2.12. The summed E-state index contributed by atoms with van der Waals surface area (Å²) < 4.78 is 1.96. The molecule has 15 heavy (non-hydrogen) atoms. The van der Waals surface area contributed by atoms with Gasteiger partial charge in [0.15, 0.2) is 5.13 Å². The van der Waals surface area contributed by atoms with Gasteiger partial charge in [-0.3, -0.25) is 4.68 Å². The molecule has 0 atom stereocenters. The maximum atomic E-state index is 4.28. The molecule has 0 unspecified atom stereocenters. The quantitative estimate of drug-likeness (QED) is 0.864. The van der Waals surface area contributed by atoms with E-state index in [-0.39, 0.29) is 0 Å². The zero-order valence-electron chi connectivity index (χ0n) is 8.84. The average molecular weight is 222 g/mol. The van der Waals surface area contributed by atoms with Crippen molar-refractivity contribution >= 4 is 16.5 Å². The second-order valence-corrected chi connectivity index (χ2v) is 4.51. The Bertz CT molecular complexity index is 405. The molecule has 0 aliphatic heterocycles. The first-order chi connectivity index (χ1) is 7.25. The van der Waals surface area contributed by atoms with Gasteiger partial charge in [0.05, 0.1) is 6.20 Å². The molecule has 0 aromatic carbocycles. The van der Waals surface area contributed by atoms with Gasteiger partial charge in [-0.25, -0.2) is 4.98 Å².